The minimum Gasteiger partial charge on any atom is -0.374 e. The van der Waals surface area contributed by atoms with Gasteiger partial charge in [-0.3, -0.25) is 4.79 Å². The number of hydrogen-bond donors (Lipinski definition) is 0. The van der Waals surface area contributed by atoms with Gasteiger partial charge in [-0.15, -0.1) is 0 Å². The molecular weight excluding hydrogens is 200 g/mol. The fourth-order valence-corrected chi connectivity index (χ4v) is 1.24. The second-order valence-corrected chi connectivity index (χ2v) is 3.76. The van der Waals surface area contributed by atoms with Gasteiger partial charge in [0.25, 0.3) is 0 Å². The lowest BCUT2D eigenvalue weighted by atomic mass is 10.1. The van der Waals surface area contributed by atoms with Gasteiger partial charge in [0.05, 0.1) is 12.7 Å². The van der Waals surface area contributed by atoms with E-state index in [0.717, 1.165) is 11.8 Å². The standard InChI is InChI=1S/C11H13ClO2/c1-8(2)14-7-9-3-4-11(12)5-10(9)6-13/h3-6,8H,7H2,1-2H3. The Morgan fingerprint density at radius 2 is 2.21 bits per heavy atom. The lowest BCUT2D eigenvalue weighted by Crippen LogP contribution is -2.04. The SMILES string of the molecule is CC(C)OCc1ccc(Cl)cc1C=O. The summed E-state index contributed by atoms with van der Waals surface area (Å²) in [5.74, 6) is 0. The average Bonchev–Trinajstić information content (AvgIpc) is 2.15. The number of aldehydes is 1. The van der Waals surface area contributed by atoms with E-state index in [2.05, 4.69) is 0 Å². The molecule has 1 rings (SSSR count). The molecule has 0 aromatic heterocycles. The smallest absolute Gasteiger partial charge is 0.150 e. The van der Waals surface area contributed by atoms with Crippen molar-refractivity contribution in [1.29, 1.82) is 0 Å². The second kappa shape index (κ2) is 5.13. The van der Waals surface area contributed by atoms with Crippen molar-refractivity contribution < 1.29 is 9.53 Å². The average molecular weight is 213 g/mol. The molecule has 3 heteroatoms. The molecule has 0 spiro atoms. The number of carbonyl (C=O) groups excluding carboxylic acids is 1. The Hall–Kier alpha value is -0.860. The van der Waals surface area contributed by atoms with Crippen molar-refractivity contribution in [3.05, 3.63) is 34.3 Å². The molecule has 2 nitrogen and oxygen atoms in total. The molecule has 0 atom stereocenters. The minimum atomic E-state index is 0.158. The van der Waals surface area contributed by atoms with Crippen LogP contribution in [0.15, 0.2) is 18.2 Å². The van der Waals surface area contributed by atoms with Crippen LogP contribution >= 0.6 is 11.6 Å². The monoisotopic (exact) mass is 212 g/mol. The topological polar surface area (TPSA) is 26.3 Å². The predicted octanol–water partition coefficient (Wildman–Crippen LogP) is 3.08. The van der Waals surface area contributed by atoms with Crippen LogP contribution in [-0.2, 0) is 11.3 Å². The number of benzene rings is 1. The fourth-order valence-electron chi connectivity index (χ4n) is 1.06. The summed E-state index contributed by atoms with van der Waals surface area (Å²) in [6.07, 6.45) is 0.954. The summed E-state index contributed by atoms with van der Waals surface area (Å²) in [5, 5.41) is 0.570. The zero-order chi connectivity index (χ0) is 10.6. The molecule has 0 saturated heterocycles. The van der Waals surface area contributed by atoms with Crippen LogP contribution in [0.3, 0.4) is 0 Å². The quantitative estimate of drug-likeness (QED) is 0.717. The van der Waals surface area contributed by atoms with Gasteiger partial charge in [-0.2, -0.15) is 0 Å². The maximum atomic E-state index is 10.7. The molecule has 0 aliphatic carbocycles. The summed E-state index contributed by atoms with van der Waals surface area (Å²) in [7, 11) is 0. The van der Waals surface area contributed by atoms with E-state index in [1.807, 2.05) is 19.9 Å². The largest absolute Gasteiger partial charge is 0.374 e. The third-order valence-corrected chi connectivity index (χ3v) is 2.04. The van der Waals surface area contributed by atoms with Crippen LogP contribution in [0.5, 0.6) is 0 Å². The molecule has 76 valence electrons. The first-order valence-electron chi connectivity index (χ1n) is 4.48. The van der Waals surface area contributed by atoms with Crippen LogP contribution in [0, 0.1) is 0 Å². The van der Waals surface area contributed by atoms with Crippen molar-refractivity contribution in [1.82, 2.24) is 0 Å². The van der Waals surface area contributed by atoms with Crippen LogP contribution in [0.25, 0.3) is 0 Å². The van der Waals surface area contributed by atoms with E-state index in [0.29, 0.717) is 17.2 Å². The van der Waals surface area contributed by atoms with Crippen molar-refractivity contribution in [2.45, 2.75) is 26.6 Å². The molecule has 0 saturated carbocycles. The summed E-state index contributed by atoms with van der Waals surface area (Å²) in [4.78, 5) is 10.7. The maximum absolute atomic E-state index is 10.7. The molecular formula is C11H13ClO2. The van der Waals surface area contributed by atoms with Crippen LogP contribution in [-0.4, -0.2) is 12.4 Å². The minimum absolute atomic E-state index is 0.158. The molecule has 14 heavy (non-hydrogen) atoms. The highest BCUT2D eigenvalue weighted by molar-refractivity contribution is 6.30. The van der Waals surface area contributed by atoms with Crippen LogP contribution in [0.2, 0.25) is 5.02 Å². The molecule has 0 fully saturated rings. The zero-order valence-electron chi connectivity index (χ0n) is 8.29. The normalized spacial score (nSPS) is 10.6. The molecule has 0 bridgehead atoms. The lowest BCUT2D eigenvalue weighted by Gasteiger charge is -2.09. The molecule has 0 amide bonds. The Morgan fingerprint density at radius 1 is 1.50 bits per heavy atom. The maximum Gasteiger partial charge on any atom is 0.150 e. The van der Waals surface area contributed by atoms with Crippen LogP contribution in [0.4, 0.5) is 0 Å². The van der Waals surface area contributed by atoms with Gasteiger partial charge < -0.3 is 4.74 Å². The van der Waals surface area contributed by atoms with Gasteiger partial charge in [-0.05, 0) is 31.5 Å². The molecule has 1 aromatic rings. The Kier molecular flexibility index (Phi) is 4.11. The third kappa shape index (κ3) is 3.13. The first-order chi connectivity index (χ1) is 6.63. The number of halogens is 1. The van der Waals surface area contributed by atoms with Crippen molar-refractivity contribution in [2.24, 2.45) is 0 Å². The van der Waals surface area contributed by atoms with Crippen molar-refractivity contribution in [3.8, 4) is 0 Å². The fraction of sp³-hybridized carbons (Fsp3) is 0.364. The van der Waals surface area contributed by atoms with Crippen molar-refractivity contribution in [3.63, 3.8) is 0 Å². The Balaban J connectivity index is 2.80. The Bertz CT molecular complexity index is 321. The summed E-state index contributed by atoms with van der Waals surface area (Å²) >= 11 is 5.76. The van der Waals surface area contributed by atoms with E-state index in [1.54, 1.807) is 12.1 Å². The molecule has 0 N–H and O–H groups in total. The highest BCUT2D eigenvalue weighted by Gasteiger charge is 2.03. The van der Waals surface area contributed by atoms with E-state index in [1.165, 1.54) is 0 Å². The van der Waals surface area contributed by atoms with E-state index in [4.69, 9.17) is 16.3 Å². The van der Waals surface area contributed by atoms with E-state index in [-0.39, 0.29) is 6.10 Å². The second-order valence-electron chi connectivity index (χ2n) is 3.32. The highest BCUT2D eigenvalue weighted by atomic mass is 35.5. The third-order valence-electron chi connectivity index (χ3n) is 1.81. The number of hydrogen-bond acceptors (Lipinski definition) is 2. The molecule has 0 aliphatic rings. The van der Waals surface area contributed by atoms with Gasteiger partial charge in [0.15, 0.2) is 0 Å². The first kappa shape index (κ1) is 11.2. The summed E-state index contributed by atoms with van der Waals surface area (Å²) in [5.41, 5.74) is 1.47. The van der Waals surface area contributed by atoms with E-state index >= 15 is 0 Å². The zero-order valence-corrected chi connectivity index (χ0v) is 9.04. The van der Waals surface area contributed by atoms with Gasteiger partial charge in [0.2, 0.25) is 0 Å². The Morgan fingerprint density at radius 3 is 2.79 bits per heavy atom. The first-order valence-corrected chi connectivity index (χ1v) is 4.86. The number of ether oxygens (including phenoxy) is 1. The van der Waals surface area contributed by atoms with Gasteiger partial charge in [0, 0.05) is 10.6 Å². The van der Waals surface area contributed by atoms with E-state index in [9.17, 15) is 4.79 Å². The predicted molar refractivity (Wildman–Crippen MR) is 56.8 cm³/mol. The summed E-state index contributed by atoms with van der Waals surface area (Å²) in [6, 6.07) is 5.22. The van der Waals surface area contributed by atoms with Crippen molar-refractivity contribution in [2.75, 3.05) is 0 Å². The lowest BCUT2D eigenvalue weighted by molar-refractivity contribution is 0.0651. The molecule has 0 aliphatic heterocycles. The van der Waals surface area contributed by atoms with Crippen molar-refractivity contribution >= 4 is 17.9 Å². The van der Waals surface area contributed by atoms with Gasteiger partial charge in [0.1, 0.15) is 6.29 Å². The van der Waals surface area contributed by atoms with Gasteiger partial charge >= 0.3 is 0 Å². The molecule has 0 heterocycles. The van der Waals surface area contributed by atoms with E-state index < -0.39 is 0 Å². The summed E-state index contributed by atoms with van der Waals surface area (Å²) in [6.45, 7) is 4.36. The highest BCUT2D eigenvalue weighted by Crippen LogP contribution is 2.15. The number of carbonyl (C=O) groups is 1. The van der Waals surface area contributed by atoms with Crippen LogP contribution < -0.4 is 0 Å². The molecule has 0 unspecified atom stereocenters. The summed E-state index contributed by atoms with van der Waals surface area (Å²) < 4.78 is 5.41. The number of rotatable bonds is 4. The molecule has 0 radical (unpaired) electrons. The Labute approximate surface area is 88.8 Å². The van der Waals surface area contributed by atoms with Gasteiger partial charge in [-0.1, -0.05) is 17.7 Å². The van der Waals surface area contributed by atoms with Gasteiger partial charge in [-0.25, -0.2) is 0 Å². The molecule has 1 aromatic carbocycles. The van der Waals surface area contributed by atoms with Crippen LogP contribution in [0.1, 0.15) is 29.8 Å².